The molecule has 4 rings (SSSR count). The molecule has 0 atom stereocenters. The van der Waals surface area contributed by atoms with Crippen LogP contribution in [0.4, 0.5) is 5.69 Å². The number of anilines is 1. The lowest BCUT2D eigenvalue weighted by molar-refractivity contribution is -0.113. The van der Waals surface area contributed by atoms with E-state index >= 15 is 0 Å². The molecule has 3 aromatic carbocycles. The molecule has 0 radical (unpaired) electrons. The number of ether oxygens (including phenoxy) is 2. The molecule has 8 heteroatoms. The van der Waals surface area contributed by atoms with Crippen LogP contribution in [-0.4, -0.2) is 41.6 Å². The molecular weight excluding hydrogens is 450 g/mol. The van der Waals surface area contributed by atoms with Crippen molar-refractivity contribution in [3.05, 3.63) is 83.9 Å². The van der Waals surface area contributed by atoms with Gasteiger partial charge in [-0.25, -0.2) is 4.98 Å². The minimum absolute atomic E-state index is 0.158. The molecule has 172 valence electrons. The zero-order valence-corrected chi connectivity index (χ0v) is 19.5. The number of aromatic amines is 1. The molecule has 0 unspecified atom stereocenters. The number of hydrogen-bond donors (Lipinski definition) is 2. The first kappa shape index (κ1) is 23.1. The Morgan fingerprint density at radius 3 is 2.56 bits per heavy atom. The molecule has 0 aliphatic carbocycles. The molecule has 34 heavy (non-hydrogen) atoms. The summed E-state index contributed by atoms with van der Waals surface area (Å²) in [6.45, 7) is 0. The predicted molar refractivity (Wildman–Crippen MR) is 135 cm³/mol. The fraction of sp³-hybridized carbons (Fsp3) is 0.115. The molecule has 0 spiro atoms. The van der Waals surface area contributed by atoms with E-state index in [1.807, 2.05) is 24.3 Å². The van der Waals surface area contributed by atoms with E-state index in [1.165, 1.54) is 17.8 Å². The van der Waals surface area contributed by atoms with Gasteiger partial charge in [-0.1, -0.05) is 23.9 Å². The zero-order chi connectivity index (χ0) is 23.9. The summed E-state index contributed by atoms with van der Waals surface area (Å²) in [6, 6.07) is 19.9. The third-order valence-electron chi connectivity index (χ3n) is 5.01. The van der Waals surface area contributed by atoms with Gasteiger partial charge in [0.05, 0.1) is 31.0 Å². The van der Waals surface area contributed by atoms with E-state index in [4.69, 9.17) is 9.47 Å². The summed E-state index contributed by atoms with van der Waals surface area (Å²) in [5.74, 6) is 1.21. The van der Waals surface area contributed by atoms with Crippen LogP contribution in [0.25, 0.3) is 17.1 Å². The molecule has 2 N–H and O–H groups in total. The molecule has 0 saturated carbocycles. The number of ketones is 1. The van der Waals surface area contributed by atoms with Crippen LogP contribution in [0.1, 0.15) is 15.9 Å². The van der Waals surface area contributed by atoms with Crippen molar-refractivity contribution in [1.82, 2.24) is 9.97 Å². The van der Waals surface area contributed by atoms with Gasteiger partial charge < -0.3 is 19.8 Å². The molecule has 1 heterocycles. The number of benzene rings is 3. The van der Waals surface area contributed by atoms with Crippen molar-refractivity contribution >= 4 is 46.2 Å². The summed E-state index contributed by atoms with van der Waals surface area (Å²) >= 11 is 1.33. The first-order valence-electron chi connectivity index (χ1n) is 10.5. The highest BCUT2D eigenvalue weighted by Gasteiger charge is 2.09. The van der Waals surface area contributed by atoms with Gasteiger partial charge in [0.2, 0.25) is 5.91 Å². The number of nitrogens with one attached hydrogen (secondary N) is 2. The minimum atomic E-state index is -0.164. The number of para-hydroxylation sites is 2. The van der Waals surface area contributed by atoms with E-state index < -0.39 is 0 Å². The van der Waals surface area contributed by atoms with Gasteiger partial charge in [0.1, 0.15) is 11.5 Å². The van der Waals surface area contributed by atoms with Crippen molar-refractivity contribution in [2.45, 2.75) is 5.16 Å². The Hall–Kier alpha value is -4.04. The number of fused-ring (bicyclic) bond motifs is 1. The van der Waals surface area contributed by atoms with Gasteiger partial charge in [-0.05, 0) is 66.7 Å². The van der Waals surface area contributed by atoms with Gasteiger partial charge in [-0.3, -0.25) is 9.59 Å². The Balaban J connectivity index is 1.33. The lowest BCUT2D eigenvalue weighted by Crippen LogP contribution is -2.14. The summed E-state index contributed by atoms with van der Waals surface area (Å²) in [5.41, 5.74) is 3.66. The van der Waals surface area contributed by atoms with Gasteiger partial charge in [0, 0.05) is 16.8 Å². The van der Waals surface area contributed by atoms with Gasteiger partial charge in [0.25, 0.3) is 0 Å². The Bertz CT molecular complexity index is 1310. The highest BCUT2D eigenvalue weighted by molar-refractivity contribution is 7.99. The number of rotatable bonds is 9. The van der Waals surface area contributed by atoms with Crippen molar-refractivity contribution in [1.29, 1.82) is 0 Å². The van der Waals surface area contributed by atoms with E-state index in [-0.39, 0.29) is 17.4 Å². The Kier molecular flexibility index (Phi) is 7.29. The Morgan fingerprint density at radius 2 is 1.82 bits per heavy atom. The van der Waals surface area contributed by atoms with Crippen LogP contribution in [0, 0.1) is 0 Å². The number of nitrogens with zero attached hydrogens (tertiary/aromatic N) is 1. The molecule has 1 amide bonds. The summed E-state index contributed by atoms with van der Waals surface area (Å²) in [5, 5.41) is 3.53. The molecule has 0 aliphatic heterocycles. The topological polar surface area (TPSA) is 93.3 Å². The number of allylic oxidation sites excluding steroid dienone is 1. The van der Waals surface area contributed by atoms with E-state index in [0.29, 0.717) is 27.9 Å². The van der Waals surface area contributed by atoms with E-state index in [0.717, 1.165) is 16.6 Å². The van der Waals surface area contributed by atoms with Crippen molar-refractivity contribution < 1.29 is 19.1 Å². The molecule has 0 bridgehead atoms. The number of methoxy groups -OCH3 is 2. The highest BCUT2D eigenvalue weighted by Crippen LogP contribution is 2.25. The number of carbonyl (C=O) groups is 2. The normalized spacial score (nSPS) is 11.0. The SMILES string of the molecule is COc1ccc(OC)c(/C=C/C(=O)c2ccc(NC(=O)CSc3nc4ccccc4[nH]3)cc2)c1. The van der Waals surface area contributed by atoms with Crippen molar-refractivity contribution in [3.8, 4) is 11.5 Å². The summed E-state index contributed by atoms with van der Waals surface area (Å²) in [6.07, 6.45) is 3.17. The molecule has 4 aromatic rings. The van der Waals surface area contributed by atoms with Crippen LogP contribution < -0.4 is 14.8 Å². The van der Waals surface area contributed by atoms with Crippen LogP contribution in [0.15, 0.2) is 78.0 Å². The average Bonchev–Trinajstić information content (AvgIpc) is 3.29. The van der Waals surface area contributed by atoms with Crippen LogP contribution in [0.5, 0.6) is 11.5 Å². The van der Waals surface area contributed by atoms with Gasteiger partial charge in [-0.2, -0.15) is 0 Å². The lowest BCUT2D eigenvalue weighted by atomic mass is 10.1. The minimum Gasteiger partial charge on any atom is -0.497 e. The second-order valence-electron chi connectivity index (χ2n) is 7.28. The quantitative estimate of drug-likeness (QED) is 0.197. The fourth-order valence-electron chi connectivity index (χ4n) is 3.28. The maximum Gasteiger partial charge on any atom is 0.234 e. The molecule has 1 aromatic heterocycles. The van der Waals surface area contributed by atoms with Gasteiger partial charge in [-0.15, -0.1) is 0 Å². The smallest absolute Gasteiger partial charge is 0.234 e. The molecule has 0 fully saturated rings. The van der Waals surface area contributed by atoms with Crippen molar-refractivity contribution in [3.63, 3.8) is 0 Å². The number of thioether (sulfide) groups is 1. The molecule has 0 aliphatic rings. The first-order valence-corrected chi connectivity index (χ1v) is 11.5. The maximum atomic E-state index is 12.6. The number of carbonyl (C=O) groups excluding carboxylic acids is 2. The lowest BCUT2D eigenvalue weighted by Gasteiger charge is -2.07. The Morgan fingerprint density at radius 1 is 1.03 bits per heavy atom. The van der Waals surface area contributed by atoms with E-state index in [2.05, 4.69) is 15.3 Å². The van der Waals surface area contributed by atoms with Crippen LogP contribution in [-0.2, 0) is 4.79 Å². The molecular formula is C26H23N3O4S. The van der Waals surface area contributed by atoms with Gasteiger partial charge in [0.15, 0.2) is 10.9 Å². The summed E-state index contributed by atoms with van der Waals surface area (Å²) in [7, 11) is 3.15. The molecule has 7 nitrogen and oxygen atoms in total. The van der Waals surface area contributed by atoms with Crippen LogP contribution in [0.2, 0.25) is 0 Å². The predicted octanol–water partition coefficient (Wildman–Crippen LogP) is 5.21. The highest BCUT2D eigenvalue weighted by atomic mass is 32.2. The number of H-pyrrole nitrogens is 1. The third kappa shape index (κ3) is 5.65. The Labute approximate surface area is 201 Å². The second kappa shape index (κ2) is 10.7. The van der Waals surface area contributed by atoms with Crippen LogP contribution in [0.3, 0.4) is 0 Å². The second-order valence-corrected chi connectivity index (χ2v) is 8.24. The monoisotopic (exact) mass is 473 g/mol. The van der Waals surface area contributed by atoms with E-state index in [1.54, 1.807) is 62.8 Å². The number of aromatic nitrogens is 2. The standard InChI is InChI=1S/C26H23N3O4S/c1-32-20-12-14-24(33-2)18(15-20)9-13-23(30)17-7-10-19(11-8-17)27-25(31)16-34-26-28-21-5-3-4-6-22(21)29-26/h3-15H,16H2,1-2H3,(H,27,31)(H,28,29)/b13-9+. The van der Waals surface area contributed by atoms with E-state index in [9.17, 15) is 9.59 Å². The third-order valence-corrected chi connectivity index (χ3v) is 5.89. The first-order chi connectivity index (χ1) is 16.6. The fourth-order valence-corrected chi connectivity index (χ4v) is 3.96. The number of hydrogen-bond acceptors (Lipinski definition) is 6. The van der Waals surface area contributed by atoms with Crippen LogP contribution >= 0.6 is 11.8 Å². The average molecular weight is 474 g/mol. The maximum absolute atomic E-state index is 12.6. The van der Waals surface area contributed by atoms with Gasteiger partial charge >= 0.3 is 0 Å². The number of imidazole rings is 1. The van der Waals surface area contributed by atoms with Crippen molar-refractivity contribution in [2.24, 2.45) is 0 Å². The number of amides is 1. The summed E-state index contributed by atoms with van der Waals surface area (Å²) < 4.78 is 10.6. The summed E-state index contributed by atoms with van der Waals surface area (Å²) in [4.78, 5) is 32.5. The zero-order valence-electron chi connectivity index (χ0n) is 18.7. The molecule has 0 saturated heterocycles. The largest absolute Gasteiger partial charge is 0.497 e. The van der Waals surface area contributed by atoms with Crippen molar-refractivity contribution in [2.75, 3.05) is 25.3 Å².